The molecule has 1 heterocycles. The lowest BCUT2D eigenvalue weighted by Crippen LogP contribution is -3.22. The Kier molecular flexibility index (Phi) is 4.44. The number of piperazine rings is 1. The predicted molar refractivity (Wildman–Crippen MR) is 84.5 cm³/mol. The maximum absolute atomic E-state index is 12.5. The molecule has 4 nitrogen and oxygen atoms in total. The van der Waals surface area contributed by atoms with Crippen molar-refractivity contribution in [2.75, 3.05) is 26.2 Å². The zero-order valence-electron chi connectivity index (χ0n) is 13.1. The second kappa shape index (κ2) is 6.50. The highest BCUT2D eigenvalue weighted by Crippen LogP contribution is 2.25. The predicted octanol–water partition coefficient (Wildman–Crippen LogP) is 1.25. The Morgan fingerprint density at radius 2 is 1.73 bits per heavy atom. The number of nitrogens with zero attached hydrogens (tertiary/aromatic N) is 2. The Bertz CT molecular complexity index is 549. The maximum atomic E-state index is 12.5. The molecule has 0 radical (unpaired) electrons. The third kappa shape index (κ3) is 2.86. The largest absolute Gasteiger partial charge is 0.327 e. The molecule has 2 fully saturated rings. The summed E-state index contributed by atoms with van der Waals surface area (Å²) in [6.07, 6.45) is 5.64. The average molecular weight is 298 g/mol. The highest BCUT2D eigenvalue weighted by atomic mass is 16.2. The van der Waals surface area contributed by atoms with Crippen LogP contribution in [0.15, 0.2) is 30.3 Å². The molecule has 1 amide bonds. The van der Waals surface area contributed by atoms with E-state index in [-0.39, 0.29) is 11.4 Å². The first-order valence-corrected chi connectivity index (χ1v) is 8.36. The van der Waals surface area contributed by atoms with Gasteiger partial charge in [-0.15, -0.1) is 0 Å². The van der Waals surface area contributed by atoms with E-state index in [0.29, 0.717) is 0 Å². The molecular formula is C18H24N3O+. The van der Waals surface area contributed by atoms with Gasteiger partial charge in [0.2, 0.25) is 0 Å². The van der Waals surface area contributed by atoms with Crippen molar-refractivity contribution < 1.29 is 9.69 Å². The number of carbonyl (C=O) groups is 1. The fraction of sp³-hybridized carbons (Fsp3) is 0.556. The van der Waals surface area contributed by atoms with Crippen molar-refractivity contribution in [3.8, 4) is 6.07 Å². The molecule has 0 atom stereocenters. The number of hydrogen-bond donors (Lipinski definition) is 1. The quantitative estimate of drug-likeness (QED) is 0.893. The molecule has 1 saturated heterocycles. The van der Waals surface area contributed by atoms with Gasteiger partial charge in [0.15, 0.2) is 5.54 Å². The van der Waals surface area contributed by atoms with Gasteiger partial charge in [0.05, 0.1) is 26.2 Å². The van der Waals surface area contributed by atoms with E-state index in [4.69, 9.17) is 0 Å². The Morgan fingerprint density at radius 1 is 1.09 bits per heavy atom. The van der Waals surface area contributed by atoms with E-state index in [1.807, 2.05) is 35.2 Å². The van der Waals surface area contributed by atoms with Gasteiger partial charge < -0.3 is 9.80 Å². The van der Waals surface area contributed by atoms with Crippen molar-refractivity contribution >= 4 is 5.91 Å². The van der Waals surface area contributed by atoms with Gasteiger partial charge in [-0.3, -0.25) is 4.79 Å². The molecule has 0 bridgehead atoms. The van der Waals surface area contributed by atoms with Crippen molar-refractivity contribution in [3.63, 3.8) is 0 Å². The third-order valence-electron chi connectivity index (χ3n) is 5.27. The van der Waals surface area contributed by atoms with Crippen LogP contribution >= 0.6 is 0 Å². The molecule has 1 aromatic rings. The van der Waals surface area contributed by atoms with Crippen LogP contribution in [-0.4, -0.2) is 42.5 Å². The standard InChI is InChI=1S/C18H23N3O/c19-15-18(9-5-2-6-10-18)21-13-11-20(12-14-21)17(22)16-7-3-1-4-8-16/h1,3-4,7-8H,2,5-6,9-14H2/p+1. The van der Waals surface area contributed by atoms with Gasteiger partial charge >= 0.3 is 0 Å². The maximum Gasteiger partial charge on any atom is 0.254 e. The van der Waals surface area contributed by atoms with Crippen molar-refractivity contribution in [1.82, 2.24) is 4.90 Å². The Labute approximate surface area is 132 Å². The van der Waals surface area contributed by atoms with E-state index in [0.717, 1.165) is 44.6 Å². The Balaban J connectivity index is 1.63. The minimum atomic E-state index is -0.194. The van der Waals surface area contributed by atoms with Crippen LogP contribution < -0.4 is 4.90 Å². The molecule has 2 aliphatic rings. The van der Waals surface area contributed by atoms with E-state index < -0.39 is 0 Å². The van der Waals surface area contributed by atoms with E-state index in [1.54, 1.807) is 0 Å². The van der Waals surface area contributed by atoms with Crippen molar-refractivity contribution in [1.29, 1.82) is 5.26 Å². The van der Waals surface area contributed by atoms with Crippen LogP contribution in [0.5, 0.6) is 0 Å². The highest BCUT2D eigenvalue weighted by Gasteiger charge is 2.43. The number of amides is 1. The monoisotopic (exact) mass is 298 g/mol. The van der Waals surface area contributed by atoms with Gasteiger partial charge in [0.25, 0.3) is 5.91 Å². The van der Waals surface area contributed by atoms with Gasteiger partial charge in [-0.25, -0.2) is 0 Å². The number of nitriles is 1. The molecule has 0 aromatic heterocycles. The van der Waals surface area contributed by atoms with E-state index >= 15 is 0 Å². The summed E-state index contributed by atoms with van der Waals surface area (Å²) in [4.78, 5) is 15.8. The lowest BCUT2D eigenvalue weighted by atomic mass is 9.81. The molecule has 1 N–H and O–H groups in total. The van der Waals surface area contributed by atoms with E-state index in [2.05, 4.69) is 6.07 Å². The van der Waals surface area contributed by atoms with E-state index in [9.17, 15) is 10.1 Å². The summed E-state index contributed by atoms with van der Waals surface area (Å²) in [6.45, 7) is 3.30. The summed E-state index contributed by atoms with van der Waals surface area (Å²) in [6, 6.07) is 12.1. The number of carbonyl (C=O) groups excluding carboxylic acids is 1. The topological polar surface area (TPSA) is 48.5 Å². The van der Waals surface area contributed by atoms with Crippen LogP contribution in [0.4, 0.5) is 0 Å². The average Bonchev–Trinajstić information content (AvgIpc) is 2.62. The fourth-order valence-electron chi connectivity index (χ4n) is 3.92. The lowest BCUT2D eigenvalue weighted by Gasteiger charge is -2.42. The molecule has 0 unspecified atom stereocenters. The number of quaternary nitrogens is 1. The van der Waals surface area contributed by atoms with Crippen molar-refractivity contribution in [3.05, 3.63) is 35.9 Å². The number of hydrogen-bond acceptors (Lipinski definition) is 2. The van der Waals surface area contributed by atoms with Gasteiger partial charge in [0, 0.05) is 18.4 Å². The number of nitrogens with one attached hydrogen (secondary N) is 1. The van der Waals surface area contributed by atoms with Crippen molar-refractivity contribution in [2.24, 2.45) is 0 Å². The van der Waals surface area contributed by atoms with Crippen LogP contribution in [0, 0.1) is 11.3 Å². The molecule has 0 spiro atoms. The summed E-state index contributed by atoms with van der Waals surface area (Å²) in [7, 11) is 0. The van der Waals surface area contributed by atoms with Gasteiger partial charge in [-0.1, -0.05) is 24.6 Å². The summed E-state index contributed by atoms with van der Waals surface area (Å²) in [5.74, 6) is 0.120. The van der Waals surface area contributed by atoms with Crippen LogP contribution in [0.25, 0.3) is 0 Å². The summed E-state index contributed by atoms with van der Waals surface area (Å²) >= 11 is 0. The molecule has 116 valence electrons. The second-order valence-electron chi connectivity index (χ2n) is 6.52. The number of benzene rings is 1. The first-order valence-electron chi connectivity index (χ1n) is 8.36. The molecular weight excluding hydrogens is 274 g/mol. The van der Waals surface area contributed by atoms with Crippen LogP contribution in [0.1, 0.15) is 42.5 Å². The summed E-state index contributed by atoms with van der Waals surface area (Å²) < 4.78 is 0. The third-order valence-corrected chi connectivity index (χ3v) is 5.27. The minimum absolute atomic E-state index is 0.120. The Hall–Kier alpha value is -1.86. The van der Waals surface area contributed by atoms with Crippen molar-refractivity contribution in [2.45, 2.75) is 37.6 Å². The summed E-state index contributed by atoms with van der Waals surface area (Å²) in [5.41, 5.74) is 0.568. The molecule has 1 aliphatic carbocycles. The van der Waals surface area contributed by atoms with Crippen LogP contribution in [-0.2, 0) is 0 Å². The molecule has 22 heavy (non-hydrogen) atoms. The molecule has 4 heteroatoms. The van der Waals surface area contributed by atoms with Gasteiger partial charge in [-0.05, 0) is 25.0 Å². The second-order valence-corrected chi connectivity index (χ2v) is 6.52. The van der Waals surface area contributed by atoms with E-state index in [1.165, 1.54) is 24.2 Å². The first-order chi connectivity index (χ1) is 10.7. The SMILES string of the molecule is N#CC1([NH+]2CCN(C(=O)c3ccccc3)CC2)CCCCC1. The number of rotatable bonds is 2. The lowest BCUT2D eigenvalue weighted by molar-refractivity contribution is -0.948. The summed E-state index contributed by atoms with van der Waals surface area (Å²) in [5, 5.41) is 9.70. The molecule has 3 rings (SSSR count). The molecule has 1 saturated carbocycles. The molecule has 1 aliphatic heterocycles. The van der Waals surface area contributed by atoms with Gasteiger partial charge in [0.1, 0.15) is 6.07 Å². The molecule has 1 aromatic carbocycles. The smallest absolute Gasteiger partial charge is 0.254 e. The zero-order chi connectivity index (χ0) is 15.4. The fourth-order valence-corrected chi connectivity index (χ4v) is 3.92. The van der Waals surface area contributed by atoms with Crippen LogP contribution in [0.2, 0.25) is 0 Å². The van der Waals surface area contributed by atoms with Gasteiger partial charge in [-0.2, -0.15) is 5.26 Å². The normalized spacial score (nSPS) is 22.0. The minimum Gasteiger partial charge on any atom is -0.327 e. The zero-order valence-corrected chi connectivity index (χ0v) is 13.1. The van der Waals surface area contributed by atoms with Crippen LogP contribution in [0.3, 0.4) is 0 Å². The first kappa shape index (κ1) is 15.1. The Morgan fingerprint density at radius 3 is 2.32 bits per heavy atom. The highest BCUT2D eigenvalue weighted by molar-refractivity contribution is 5.94.